The molecule has 0 N–H and O–H groups in total. The molecule has 1 aliphatic carbocycles. The highest BCUT2D eigenvalue weighted by molar-refractivity contribution is 5.43. The van der Waals surface area contributed by atoms with Crippen LogP contribution in [-0.2, 0) is 0 Å². The molecule has 0 radical (unpaired) electrons. The van der Waals surface area contributed by atoms with E-state index in [-0.39, 0.29) is 0 Å². The Morgan fingerprint density at radius 3 is 2.67 bits per heavy atom. The van der Waals surface area contributed by atoms with E-state index in [0.29, 0.717) is 0 Å². The van der Waals surface area contributed by atoms with Gasteiger partial charge < -0.3 is 0 Å². The van der Waals surface area contributed by atoms with Crippen LogP contribution in [0.3, 0.4) is 0 Å². The maximum Gasteiger partial charge on any atom is -0.0268 e. The maximum atomic E-state index is 3.74. The van der Waals surface area contributed by atoms with Crippen molar-refractivity contribution in [1.29, 1.82) is 0 Å². The molecule has 0 saturated heterocycles. The maximum absolute atomic E-state index is 3.74. The standard InChI is InChI=1S/C12H16/c1-4-10(2)9-12-8-6-5-7-11(12)3/h4,7-9H,1,5-6H2,2-3H3/b10-9-. The molecule has 12 heavy (non-hydrogen) atoms. The first kappa shape index (κ1) is 9.05. The Labute approximate surface area is 75.0 Å². The summed E-state index contributed by atoms with van der Waals surface area (Å²) in [6, 6.07) is 0. The molecule has 64 valence electrons. The molecule has 0 unspecified atom stereocenters. The van der Waals surface area contributed by atoms with E-state index in [4.69, 9.17) is 0 Å². The van der Waals surface area contributed by atoms with E-state index in [1.807, 2.05) is 6.08 Å². The molecule has 0 aromatic heterocycles. The summed E-state index contributed by atoms with van der Waals surface area (Å²) in [7, 11) is 0. The predicted octanol–water partition coefficient (Wildman–Crippen LogP) is 3.79. The summed E-state index contributed by atoms with van der Waals surface area (Å²) in [5.74, 6) is 0. The van der Waals surface area contributed by atoms with Gasteiger partial charge in [-0.25, -0.2) is 0 Å². The molecule has 0 spiro atoms. The van der Waals surface area contributed by atoms with E-state index in [2.05, 4.69) is 38.7 Å². The average Bonchev–Trinajstić information content (AvgIpc) is 2.09. The van der Waals surface area contributed by atoms with Gasteiger partial charge in [0, 0.05) is 0 Å². The lowest BCUT2D eigenvalue weighted by Gasteiger charge is -2.08. The fourth-order valence-corrected chi connectivity index (χ4v) is 1.29. The van der Waals surface area contributed by atoms with Crippen LogP contribution in [0.5, 0.6) is 0 Å². The molecule has 0 bridgehead atoms. The second-order valence-corrected chi connectivity index (χ2v) is 3.22. The van der Waals surface area contributed by atoms with Crippen LogP contribution in [-0.4, -0.2) is 0 Å². The van der Waals surface area contributed by atoms with Crippen molar-refractivity contribution in [2.75, 3.05) is 0 Å². The van der Waals surface area contributed by atoms with E-state index in [1.54, 1.807) is 0 Å². The quantitative estimate of drug-likeness (QED) is 0.539. The monoisotopic (exact) mass is 160 g/mol. The SMILES string of the molecule is C=C/C(C)=C\C1=CCCC=C1C. The summed E-state index contributed by atoms with van der Waals surface area (Å²) in [5, 5.41) is 0. The third kappa shape index (κ3) is 2.23. The molecule has 0 atom stereocenters. The number of hydrogen-bond donors (Lipinski definition) is 0. The Hall–Kier alpha value is -1.04. The second kappa shape index (κ2) is 4.10. The van der Waals surface area contributed by atoms with Crippen molar-refractivity contribution in [3.05, 3.63) is 47.6 Å². The molecule has 0 nitrogen and oxygen atoms in total. The molecular formula is C12H16. The normalized spacial score (nSPS) is 18.3. The first-order chi connectivity index (χ1) is 5.74. The fraction of sp³-hybridized carbons (Fsp3) is 0.333. The summed E-state index contributed by atoms with van der Waals surface area (Å²) in [4.78, 5) is 0. The molecule has 1 rings (SSSR count). The van der Waals surface area contributed by atoms with Crippen LogP contribution in [0.4, 0.5) is 0 Å². The Kier molecular flexibility index (Phi) is 3.09. The van der Waals surface area contributed by atoms with E-state index in [0.717, 1.165) is 0 Å². The van der Waals surface area contributed by atoms with Gasteiger partial charge in [-0.3, -0.25) is 0 Å². The van der Waals surface area contributed by atoms with Gasteiger partial charge in [-0.05, 0) is 37.8 Å². The minimum Gasteiger partial charge on any atom is -0.0988 e. The molecule has 0 aromatic carbocycles. The third-order valence-electron chi connectivity index (χ3n) is 2.14. The summed E-state index contributed by atoms with van der Waals surface area (Å²) >= 11 is 0. The van der Waals surface area contributed by atoms with Crippen molar-refractivity contribution < 1.29 is 0 Å². The first-order valence-corrected chi connectivity index (χ1v) is 4.42. The molecule has 0 aliphatic heterocycles. The van der Waals surface area contributed by atoms with Crippen molar-refractivity contribution >= 4 is 0 Å². The highest BCUT2D eigenvalue weighted by Crippen LogP contribution is 2.20. The molecule has 0 amide bonds. The van der Waals surface area contributed by atoms with Gasteiger partial charge >= 0.3 is 0 Å². The summed E-state index contributed by atoms with van der Waals surface area (Å²) in [6.07, 6.45) is 11.0. The predicted molar refractivity (Wildman–Crippen MR) is 55.0 cm³/mol. The first-order valence-electron chi connectivity index (χ1n) is 4.42. The van der Waals surface area contributed by atoms with Gasteiger partial charge in [-0.15, -0.1) is 0 Å². The highest BCUT2D eigenvalue weighted by Gasteiger charge is 2.00. The minimum absolute atomic E-state index is 1.17. The molecule has 0 heteroatoms. The summed E-state index contributed by atoms with van der Waals surface area (Å²) in [5.41, 5.74) is 3.98. The number of hydrogen-bond acceptors (Lipinski definition) is 0. The van der Waals surface area contributed by atoms with Gasteiger partial charge in [0.15, 0.2) is 0 Å². The molecular weight excluding hydrogens is 144 g/mol. The smallest absolute Gasteiger partial charge is 0.0268 e. The Morgan fingerprint density at radius 2 is 2.08 bits per heavy atom. The van der Waals surface area contributed by atoms with Crippen molar-refractivity contribution in [3.63, 3.8) is 0 Å². The van der Waals surface area contributed by atoms with Crippen molar-refractivity contribution in [3.8, 4) is 0 Å². The Bertz CT molecular complexity index is 262. The summed E-state index contributed by atoms with van der Waals surface area (Å²) in [6.45, 7) is 7.98. The lowest BCUT2D eigenvalue weighted by Crippen LogP contribution is -1.88. The number of allylic oxidation sites excluding steroid dienone is 7. The van der Waals surface area contributed by atoms with E-state index in [9.17, 15) is 0 Å². The van der Waals surface area contributed by atoms with Crippen LogP contribution in [0, 0.1) is 0 Å². The molecule has 1 aliphatic rings. The zero-order valence-corrected chi connectivity index (χ0v) is 7.93. The zero-order valence-electron chi connectivity index (χ0n) is 7.93. The van der Waals surface area contributed by atoms with E-state index < -0.39 is 0 Å². The Balaban J connectivity index is 2.82. The molecule has 0 saturated carbocycles. The molecule has 0 fully saturated rings. The van der Waals surface area contributed by atoms with Crippen LogP contribution >= 0.6 is 0 Å². The van der Waals surface area contributed by atoms with Crippen molar-refractivity contribution in [2.24, 2.45) is 0 Å². The van der Waals surface area contributed by atoms with Gasteiger partial charge in [0.25, 0.3) is 0 Å². The number of rotatable bonds is 2. The van der Waals surface area contributed by atoms with Gasteiger partial charge in [0.05, 0.1) is 0 Å². The van der Waals surface area contributed by atoms with E-state index >= 15 is 0 Å². The van der Waals surface area contributed by atoms with Gasteiger partial charge in [0.2, 0.25) is 0 Å². The van der Waals surface area contributed by atoms with Gasteiger partial charge in [0.1, 0.15) is 0 Å². The van der Waals surface area contributed by atoms with Crippen LogP contribution in [0.25, 0.3) is 0 Å². The Morgan fingerprint density at radius 1 is 1.42 bits per heavy atom. The minimum atomic E-state index is 1.17. The zero-order chi connectivity index (χ0) is 8.97. The fourth-order valence-electron chi connectivity index (χ4n) is 1.29. The summed E-state index contributed by atoms with van der Waals surface area (Å²) < 4.78 is 0. The van der Waals surface area contributed by atoms with E-state index in [1.165, 1.54) is 29.6 Å². The van der Waals surface area contributed by atoms with Gasteiger partial charge in [-0.2, -0.15) is 0 Å². The van der Waals surface area contributed by atoms with Crippen molar-refractivity contribution in [1.82, 2.24) is 0 Å². The second-order valence-electron chi connectivity index (χ2n) is 3.22. The largest absolute Gasteiger partial charge is 0.0988 e. The van der Waals surface area contributed by atoms with Crippen LogP contribution in [0.15, 0.2) is 47.6 Å². The average molecular weight is 160 g/mol. The van der Waals surface area contributed by atoms with Crippen LogP contribution in [0.1, 0.15) is 26.7 Å². The topological polar surface area (TPSA) is 0 Å². The molecule has 0 heterocycles. The lowest BCUT2D eigenvalue weighted by atomic mass is 9.97. The lowest BCUT2D eigenvalue weighted by molar-refractivity contribution is 1.00. The molecule has 0 aromatic rings. The third-order valence-corrected chi connectivity index (χ3v) is 2.14. The van der Waals surface area contributed by atoms with Gasteiger partial charge in [-0.1, -0.05) is 36.5 Å². The van der Waals surface area contributed by atoms with Crippen LogP contribution in [0.2, 0.25) is 0 Å². The highest BCUT2D eigenvalue weighted by atomic mass is 14.1. The van der Waals surface area contributed by atoms with Crippen LogP contribution < -0.4 is 0 Å². The van der Waals surface area contributed by atoms with Crippen molar-refractivity contribution in [2.45, 2.75) is 26.7 Å².